The predicted molar refractivity (Wildman–Crippen MR) is 125 cm³/mol. The fourth-order valence-corrected chi connectivity index (χ4v) is 5.10. The smallest absolute Gasteiger partial charge is 0.228 e. The van der Waals surface area contributed by atoms with Gasteiger partial charge in [-0.3, -0.25) is 9.59 Å². The summed E-state index contributed by atoms with van der Waals surface area (Å²) in [5.74, 6) is 1.17. The van der Waals surface area contributed by atoms with E-state index in [2.05, 4.69) is 17.2 Å². The predicted octanol–water partition coefficient (Wildman–Crippen LogP) is 4.24. The van der Waals surface area contributed by atoms with Crippen LogP contribution in [0.5, 0.6) is 5.75 Å². The second-order valence-electron chi connectivity index (χ2n) is 9.00. The molecular formula is C26H29N3O3. The number of methoxy groups -OCH3 is 1. The monoisotopic (exact) mass is 431 g/mol. The highest BCUT2D eigenvalue weighted by molar-refractivity contribution is 6.00. The Balaban J connectivity index is 1.23. The van der Waals surface area contributed by atoms with Crippen molar-refractivity contribution in [3.05, 3.63) is 59.8 Å². The average Bonchev–Trinajstić information content (AvgIpc) is 3.42. The Morgan fingerprint density at radius 3 is 2.56 bits per heavy atom. The largest absolute Gasteiger partial charge is 0.497 e. The van der Waals surface area contributed by atoms with Gasteiger partial charge < -0.3 is 19.5 Å². The zero-order chi connectivity index (χ0) is 22.2. The van der Waals surface area contributed by atoms with Crippen LogP contribution in [0.15, 0.2) is 48.7 Å². The molecule has 2 aromatic carbocycles. The van der Waals surface area contributed by atoms with Crippen LogP contribution >= 0.6 is 0 Å². The molecule has 2 fully saturated rings. The molecule has 1 atom stereocenters. The molecule has 2 amide bonds. The number of amides is 2. The first kappa shape index (κ1) is 20.6. The van der Waals surface area contributed by atoms with Gasteiger partial charge in [0.05, 0.1) is 13.0 Å². The molecule has 2 aliphatic rings. The maximum atomic E-state index is 13.2. The minimum atomic E-state index is -0.252. The number of piperidine rings is 1. The first-order chi connectivity index (χ1) is 15.5. The quantitative estimate of drug-likeness (QED) is 0.672. The summed E-state index contributed by atoms with van der Waals surface area (Å²) in [6.07, 6.45) is 4.26. The molecule has 6 nitrogen and oxygen atoms in total. The number of rotatable bonds is 4. The molecule has 0 radical (unpaired) electrons. The van der Waals surface area contributed by atoms with Gasteiger partial charge in [0, 0.05) is 48.8 Å². The fourth-order valence-electron chi connectivity index (χ4n) is 5.10. The summed E-state index contributed by atoms with van der Waals surface area (Å²) in [6.45, 7) is 3.96. The summed E-state index contributed by atoms with van der Waals surface area (Å²) >= 11 is 0. The van der Waals surface area contributed by atoms with Crippen LogP contribution in [0.3, 0.4) is 0 Å². The number of benzene rings is 2. The molecule has 166 valence electrons. The normalized spacial score (nSPS) is 19.7. The molecule has 5 rings (SSSR count). The van der Waals surface area contributed by atoms with Gasteiger partial charge in [-0.2, -0.15) is 0 Å². The number of fused-ring (bicyclic) bond motifs is 1. The number of anilines is 1. The zero-order valence-corrected chi connectivity index (χ0v) is 18.6. The summed E-state index contributed by atoms with van der Waals surface area (Å²) < 4.78 is 5.40. The number of nitrogens with one attached hydrogen (secondary N) is 1. The van der Waals surface area contributed by atoms with E-state index in [4.69, 9.17) is 4.74 Å². The summed E-state index contributed by atoms with van der Waals surface area (Å²) in [4.78, 5) is 32.9. The molecule has 2 aliphatic heterocycles. The molecule has 6 heteroatoms. The van der Waals surface area contributed by atoms with Gasteiger partial charge in [0.1, 0.15) is 5.75 Å². The lowest BCUT2D eigenvalue weighted by Gasteiger charge is -2.33. The molecule has 3 aromatic rings. The van der Waals surface area contributed by atoms with Crippen LogP contribution in [0.2, 0.25) is 0 Å². The number of hydrogen-bond acceptors (Lipinski definition) is 3. The van der Waals surface area contributed by atoms with Crippen molar-refractivity contribution >= 4 is 28.4 Å². The number of hydrogen-bond donors (Lipinski definition) is 1. The molecule has 3 heterocycles. The van der Waals surface area contributed by atoms with Gasteiger partial charge in [0.25, 0.3) is 0 Å². The van der Waals surface area contributed by atoms with Crippen molar-refractivity contribution in [3.8, 4) is 5.75 Å². The van der Waals surface area contributed by atoms with E-state index in [9.17, 15) is 9.59 Å². The molecule has 1 N–H and O–H groups in total. The number of nitrogens with zero attached hydrogens (tertiary/aromatic N) is 2. The first-order valence-corrected chi connectivity index (χ1v) is 11.3. The average molecular weight is 432 g/mol. The lowest BCUT2D eigenvalue weighted by molar-refractivity contribution is -0.136. The maximum Gasteiger partial charge on any atom is 0.228 e. The number of aryl methyl sites for hydroxylation is 1. The summed E-state index contributed by atoms with van der Waals surface area (Å²) in [6, 6.07) is 14.0. The molecule has 1 unspecified atom stereocenters. The lowest BCUT2D eigenvalue weighted by Crippen LogP contribution is -2.42. The highest BCUT2D eigenvalue weighted by Crippen LogP contribution is 2.35. The highest BCUT2D eigenvalue weighted by Gasteiger charge is 2.38. The number of H-pyrrole nitrogens is 1. The topological polar surface area (TPSA) is 65.6 Å². The molecule has 32 heavy (non-hydrogen) atoms. The molecule has 0 saturated carbocycles. The Morgan fingerprint density at radius 2 is 1.84 bits per heavy atom. The van der Waals surface area contributed by atoms with Gasteiger partial charge >= 0.3 is 0 Å². The van der Waals surface area contributed by atoms with Gasteiger partial charge in [-0.25, -0.2) is 0 Å². The second kappa shape index (κ2) is 8.34. The van der Waals surface area contributed by atoms with E-state index in [-0.39, 0.29) is 17.7 Å². The van der Waals surface area contributed by atoms with Crippen molar-refractivity contribution in [2.75, 3.05) is 31.6 Å². The number of carbonyl (C=O) groups excluding carboxylic acids is 2. The van der Waals surface area contributed by atoms with Crippen molar-refractivity contribution < 1.29 is 14.3 Å². The van der Waals surface area contributed by atoms with Gasteiger partial charge in [-0.05, 0) is 61.6 Å². The summed E-state index contributed by atoms with van der Waals surface area (Å²) in [5.41, 5.74) is 4.45. The van der Waals surface area contributed by atoms with Gasteiger partial charge in [0.2, 0.25) is 11.8 Å². The summed E-state index contributed by atoms with van der Waals surface area (Å²) in [7, 11) is 1.69. The van der Waals surface area contributed by atoms with Crippen molar-refractivity contribution in [2.24, 2.45) is 5.92 Å². The molecular weight excluding hydrogens is 402 g/mol. The number of carbonyl (C=O) groups is 2. The van der Waals surface area contributed by atoms with E-state index in [0.717, 1.165) is 48.4 Å². The molecule has 2 saturated heterocycles. The van der Waals surface area contributed by atoms with E-state index >= 15 is 0 Å². The van der Waals surface area contributed by atoms with Crippen molar-refractivity contribution in [2.45, 2.75) is 32.1 Å². The number of likely N-dealkylation sites (tertiary alicyclic amines) is 1. The Kier molecular flexibility index (Phi) is 5.37. The van der Waals surface area contributed by atoms with Crippen LogP contribution in [0.25, 0.3) is 10.9 Å². The third kappa shape index (κ3) is 3.74. The Labute approximate surface area is 188 Å². The Hall–Kier alpha value is -3.28. The fraction of sp³-hybridized carbons (Fsp3) is 0.385. The van der Waals surface area contributed by atoms with E-state index in [0.29, 0.717) is 18.9 Å². The third-order valence-corrected chi connectivity index (χ3v) is 6.99. The molecule has 1 aromatic heterocycles. The summed E-state index contributed by atoms with van der Waals surface area (Å²) in [5, 5.41) is 1.20. The maximum absolute atomic E-state index is 13.2. The minimum absolute atomic E-state index is 0.0369. The van der Waals surface area contributed by atoms with Crippen LogP contribution in [0.4, 0.5) is 5.69 Å². The number of aromatic nitrogens is 1. The van der Waals surface area contributed by atoms with Crippen LogP contribution < -0.4 is 9.64 Å². The standard InChI is InChI=1S/C26H29N3O3/c1-17-3-5-20(6-4-17)29-16-19(13-25(29)30)26(31)28-11-9-18(10-12-28)23-15-27-24-8-7-21(32-2)14-22(23)24/h3-8,14-15,18-19,27H,9-13,16H2,1-2H3. The van der Waals surface area contributed by atoms with Gasteiger partial charge in [-0.1, -0.05) is 17.7 Å². The highest BCUT2D eigenvalue weighted by atomic mass is 16.5. The van der Waals surface area contributed by atoms with Crippen LogP contribution in [0.1, 0.15) is 36.3 Å². The number of ether oxygens (including phenoxy) is 1. The van der Waals surface area contributed by atoms with E-state index in [1.165, 1.54) is 10.9 Å². The van der Waals surface area contributed by atoms with Crippen molar-refractivity contribution in [1.82, 2.24) is 9.88 Å². The molecule has 0 aliphatic carbocycles. The molecule has 0 bridgehead atoms. The third-order valence-electron chi connectivity index (χ3n) is 6.99. The van der Waals surface area contributed by atoms with Crippen LogP contribution in [-0.2, 0) is 9.59 Å². The Bertz CT molecular complexity index is 1140. The van der Waals surface area contributed by atoms with Gasteiger partial charge in [0.15, 0.2) is 0 Å². The van der Waals surface area contributed by atoms with E-state index in [1.54, 1.807) is 12.0 Å². The van der Waals surface area contributed by atoms with Crippen molar-refractivity contribution in [1.29, 1.82) is 0 Å². The first-order valence-electron chi connectivity index (χ1n) is 11.3. The van der Waals surface area contributed by atoms with Crippen molar-refractivity contribution in [3.63, 3.8) is 0 Å². The van der Waals surface area contributed by atoms with Gasteiger partial charge in [-0.15, -0.1) is 0 Å². The SMILES string of the molecule is COc1ccc2[nH]cc(C3CCN(C(=O)C4CC(=O)N(c5ccc(C)cc5)C4)CC3)c2c1. The number of aromatic amines is 1. The lowest BCUT2D eigenvalue weighted by atomic mass is 9.88. The van der Waals surface area contributed by atoms with E-state index < -0.39 is 0 Å². The zero-order valence-electron chi connectivity index (χ0n) is 18.6. The van der Waals surface area contributed by atoms with E-state index in [1.807, 2.05) is 48.2 Å². The van der Waals surface area contributed by atoms with Crippen LogP contribution in [0, 0.1) is 12.8 Å². The molecule has 0 spiro atoms. The Morgan fingerprint density at radius 1 is 1.09 bits per heavy atom. The second-order valence-corrected chi connectivity index (χ2v) is 9.00. The van der Waals surface area contributed by atoms with Crippen LogP contribution in [-0.4, -0.2) is 48.4 Å². The minimum Gasteiger partial charge on any atom is -0.497 e.